The molecular weight excluding hydrogens is 300 g/mol. The van der Waals surface area contributed by atoms with Crippen LogP contribution in [0.15, 0.2) is 0 Å². The molecule has 0 N–H and O–H groups in total. The maximum absolute atomic E-state index is 12.3. The van der Waals surface area contributed by atoms with Gasteiger partial charge in [-0.25, -0.2) is 0 Å². The molecule has 2 atom stereocenters. The van der Waals surface area contributed by atoms with E-state index in [9.17, 15) is 17.6 Å². The average Bonchev–Trinajstić information content (AvgIpc) is 1.91. The van der Waals surface area contributed by atoms with E-state index in [0.29, 0.717) is 0 Å². The first kappa shape index (κ1) is 9.73. The van der Waals surface area contributed by atoms with Crippen LogP contribution in [-0.4, -0.2) is 21.9 Å². The summed E-state index contributed by atoms with van der Waals surface area (Å²) in [6.07, 6.45) is -7.64. The van der Waals surface area contributed by atoms with E-state index < -0.39 is 21.9 Å². The minimum atomic E-state index is -3.82. The molecule has 0 bridgehead atoms. The van der Waals surface area contributed by atoms with Gasteiger partial charge < -0.3 is 0 Å². The molecule has 0 aromatic rings. The summed E-state index contributed by atoms with van der Waals surface area (Å²) >= 11 is 4.80. The lowest BCUT2D eigenvalue weighted by Crippen LogP contribution is -2.28. The van der Waals surface area contributed by atoms with Gasteiger partial charge in [0.25, 0.3) is 0 Å². The van der Waals surface area contributed by atoms with E-state index in [2.05, 4.69) is 36.6 Å². The van der Waals surface area contributed by atoms with Crippen molar-refractivity contribution in [3.05, 3.63) is 0 Å². The Bertz CT molecular complexity index is 155. The van der Waals surface area contributed by atoms with Gasteiger partial charge in [-0.05, 0) is 0 Å². The Morgan fingerprint density at radius 2 is 1.18 bits per heavy atom. The Hall–Kier alpha value is 0.640. The zero-order valence-corrected chi connectivity index (χ0v) is 8.00. The van der Waals surface area contributed by atoms with Gasteiger partial charge >= 0.3 is 12.2 Å². The third kappa shape index (κ3) is 1.55. The van der Waals surface area contributed by atoms with Crippen molar-refractivity contribution in [2.45, 2.75) is 21.9 Å². The van der Waals surface area contributed by atoms with Crippen LogP contribution in [0.1, 0.15) is 0 Å². The minimum Gasteiger partial charge on any atom is -0.253 e. The van der Waals surface area contributed by atoms with Crippen molar-refractivity contribution in [1.29, 1.82) is 0 Å². The molecule has 0 amide bonds. The molecule has 66 valence electrons. The Kier molecular flexibility index (Phi) is 2.27. The molecule has 0 aromatic carbocycles. The first-order valence-corrected chi connectivity index (χ1v) is 4.34. The van der Waals surface area contributed by atoms with E-state index in [1.807, 2.05) is 0 Å². The van der Waals surface area contributed by atoms with Gasteiger partial charge in [0.05, 0.1) is 0 Å². The Morgan fingerprint density at radius 3 is 1.27 bits per heavy atom. The topological polar surface area (TPSA) is 9.23 Å². The number of alkyl halides is 6. The molecule has 0 spiro atoms. The fraction of sp³-hybridized carbons (Fsp3) is 1.00. The summed E-state index contributed by atoms with van der Waals surface area (Å²) in [5, 5.41) is 0. The normalized spacial score (nSPS) is 40.9. The van der Waals surface area contributed by atoms with Crippen molar-refractivity contribution >= 4 is 31.9 Å². The second-order valence-electron chi connectivity index (χ2n) is 2.03. The van der Waals surface area contributed by atoms with Crippen molar-refractivity contribution < 1.29 is 22.3 Å². The fourth-order valence-corrected chi connectivity index (χ4v) is 1.44. The van der Waals surface area contributed by atoms with Crippen LogP contribution >= 0.6 is 31.9 Å². The third-order valence-corrected chi connectivity index (χ3v) is 4.00. The number of ether oxygens (including phenoxy) is 1. The lowest BCUT2D eigenvalue weighted by molar-refractivity contribution is -0.327. The summed E-state index contributed by atoms with van der Waals surface area (Å²) in [7, 11) is 0. The van der Waals surface area contributed by atoms with Gasteiger partial charge in [-0.2, -0.15) is 17.6 Å². The first-order chi connectivity index (χ1) is 4.77. The van der Waals surface area contributed by atoms with Crippen LogP contribution in [0.2, 0.25) is 0 Å². The highest BCUT2D eigenvalue weighted by Crippen LogP contribution is 2.49. The van der Waals surface area contributed by atoms with E-state index in [0.717, 1.165) is 0 Å². The van der Waals surface area contributed by atoms with Gasteiger partial charge in [0, 0.05) is 0 Å². The summed E-state index contributed by atoms with van der Waals surface area (Å²) < 4.78 is 52.4. The van der Waals surface area contributed by atoms with Crippen molar-refractivity contribution in [2.24, 2.45) is 0 Å². The van der Waals surface area contributed by atoms with Crippen molar-refractivity contribution in [2.75, 3.05) is 0 Å². The molecule has 0 saturated carbocycles. The van der Waals surface area contributed by atoms with Gasteiger partial charge in [-0.3, -0.25) is 4.74 Å². The van der Waals surface area contributed by atoms with Gasteiger partial charge in [-0.1, -0.05) is 31.9 Å². The largest absolute Gasteiger partial charge is 0.374 e. The van der Waals surface area contributed by atoms with Crippen LogP contribution in [0.5, 0.6) is 0 Å². The fourth-order valence-electron chi connectivity index (χ4n) is 0.635. The molecule has 1 saturated heterocycles. The molecule has 1 rings (SSSR count). The molecule has 11 heavy (non-hydrogen) atoms. The molecule has 1 aliphatic heterocycles. The van der Waals surface area contributed by atoms with E-state index in [1.54, 1.807) is 0 Å². The third-order valence-electron chi connectivity index (χ3n) is 1.17. The number of rotatable bonds is 0. The summed E-state index contributed by atoms with van der Waals surface area (Å²) in [4.78, 5) is -3.41. The highest BCUT2D eigenvalue weighted by Gasteiger charge is 2.65. The molecular formula is C4H2Br2F4O. The lowest BCUT2D eigenvalue weighted by atomic mass is 10.3. The predicted octanol–water partition coefficient (Wildman–Crippen LogP) is 2.73. The monoisotopic (exact) mass is 300 g/mol. The minimum absolute atomic E-state index is 1.70. The molecule has 1 aliphatic rings. The first-order valence-electron chi connectivity index (χ1n) is 2.51. The molecule has 0 aliphatic carbocycles. The second-order valence-corrected chi connectivity index (χ2v) is 4.00. The van der Waals surface area contributed by atoms with Crippen LogP contribution < -0.4 is 0 Å². The van der Waals surface area contributed by atoms with E-state index in [-0.39, 0.29) is 0 Å². The Labute approximate surface area is 76.3 Å². The lowest BCUT2D eigenvalue weighted by Gasteiger charge is -2.10. The predicted molar refractivity (Wildman–Crippen MR) is 36.4 cm³/mol. The van der Waals surface area contributed by atoms with Crippen molar-refractivity contribution in [3.8, 4) is 0 Å². The van der Waals surface area contributed by atoms with Gasteiger partial charge in [0.15, 0.2) is 0 Å². The number of halogens is 6. The summed E-state index contributed by atoms with van der Waals surface area (Å²) in [5.74, 6) is 0. The van der Waals surface area contributed by atoms with E-state index in [4.69, 9.17) is 0 Å². The number of hydrogen-bond acceptors (Lipinski definition) is 1. The quantitative estimate of drug-likeness (QED) is 0.494. The molecule has 1 fully saturated rings. The van der Waals surface area contributed by atoms with Gasteiger partial charge in [0.2, 0.25) is 0 Å². The maximum atomic E-state index is 12.3. The molecule has 7 heteroatoms. The summed E-state index contributed by atoms with van der Waals surface area (Å²) in [6, 6.07) is 0. The molecule has 1 heterocycles. The van der Waals surface area contributed by atoms with E-state index >= 15 is 0 Å². The second kappa shape index (κ2) is 2.56. The average molecular weight is 302 g/mol. The summed E-state index contributed by atoms with van der Waals surface area (Å²) in [6.45, 7) is 0. The van der Waals surface area contributed by atoms with Crippen molar-refractivity contribution in [1.82, 2.24) is 0 Å². The van der Waals surface area contributed by atoms with E-state index in [1.165, 1.54) is 0 Å². The molecule has 0 unspecified atom stereocenters. The van der Waals surface area contributed by atoms with Crippen LogP contribution in [0, 0.1) is 0 Å². The molecule has 0 aromatic heterocycles. The smallest absolute Gasteiger partial charge is 0.253 e. The van der Waals surface area contributed by atoms with Crippen LogP contribution in [-0.2, 0) is 4.74 Å². The van der Waals surface area contributed by atoms with Gasteiger partial charge in [-0.15, -0.1) is 0 Å². The van der Waals surface area contributed by atoms with Gasteiger partial charge in [0.1, 0.15) is 9.65 Å². The highest BCUT2D eigenvalue weighted by atomic mass is 79.9. The van der Waals surface area contributed by atoms with Crippen molar-refractivity contribution in [3.63, 3.8) is 0 Å². The zero-order valence-electron chi connectivity index (χ0n) is 4.83. The zero-order chi connectivity index (χ0) is 8.86. The van der Waals surface area contributed by atoms with Crippen LogP contribution in [0.3, 0.4) is 0 Å². The van der Waals surface area contributed by atoms with Crippen LogP contribution in [0.25, 0.3) is 0 Å². The summed E-state index contributed by atoms with van der Waals surface area (Å²) in [5.41, 5.74) is 0. The standard InChI is InChI=1S/C4H2Br2F4O/c5-1-2(6)4(9,10)11-3(1,7)8/h1-2H/t1-,2+. The molecule has 1 nitrogen and oxygen atoms in total. The maximum Gasteiger partial charge on any atom is 0.374 e. The Balaban J connectivity index is 2.86. The highest BCUT2D eigenvalue weighted by molar-refractivity contribution is 9.12. The Morgan fingerprint density at radius 1 is 0.909 bits per heavy atom. The molecule has 0 radical (unpaired) electrons. The van der Waals surface area contributed by atoms with Crippen LogP contribution in [0.4, 0.5) is 17.6 Å². The SMILES string of the molecule is FC1(F)OC(F)(F)[C@@H](Br)[C@H]1Br. The number of hydrogen-bond donors (Lipinski definition) is 0.